The molecule has 19 heavy (non-hydrogen) atoms. The van der Waals surface area contributed by atoms with Gasteiger partial charge in [0.15, 0.2) is 0 Å². The highest BCUT2D eigenvalue weighted by Gasteiger charge is 2.14. The second-order valence-electron chi connectivity index (χ2n) is 5.98. The van der Waals surface area contributed by atoms with Gasteiger partial charge in [-0.15, -0.1) is 0 Å². The van der Waals surface area contributed by atoms with Crippen LogP contribution in [0.1, 0.15) is 31.9 Å². The average Bonchev–Trinajstić information content (AvgIpc) is 2.33. The van der Waals surface area contributed by atoms with Crippen molar-refractivity contribution in [2.75, 3.05) is 27.2 Å². The van der Waals surface area contributed by atoms with Crippen LogP contribution in [0.4, 0.5) is 0 Å². The van der Waals surface area contributed by atoms with Crippen molar-refractivity contribution in [3.05, 3.63) is 29.3 Å². The van der Waals surface area contributed by atoms with Gasteiger partial charge in [0.25, 0.3) is 0 Å². The van der Waals surface area contributed by atoms with Gasteiger partial charge in [0.1, 0.15) is 5.75 Å². The number of hydrogen-bond donors (Lipinski definition) is 1. The summed E-state index contributed by atoms with van der Waals surface area (Å²) in [6.45, 7) is 8.17. The predicted octanol–water partition coefficient (Wildman–Crippen LogP) is 2.47. The number of methoxy groups -OCH3 is 1. The first kappa shape index (κ1) is 16.0. The molecular formula is C16H28N2O. The van der Waals surface area contributed by atoms with Crippen molar-refractivity contribution in [1.82, 2.24) is 4.90 Å². The SMILES string of the molecule is CCc1ccc(OC)c(CCN(C)CC(C)(C)N)c1. The molecule has 0 fully saturated rings. The Labute approximate surface area is 117 Å². The van der Waals surface area contributed by atoms with Crippen molar-refractivity contribution < 1.29 is 4.74 Å². The molecule has 0 amide bonds. The molecule has 1 aromatic carbocycles. The van der Waals surface area contributed by atoms with Crippen molar-refractivity contribution in [2.24, 2.45) is 5.73 Å². The number of benzene rings is 1. The fourth-order valence-electron chi connectivity index (χ4n) is 2.33. The van der Waals surface area contributed by atoms with E-state index in [1.165, 1.54) is 11.1 Å². The maximum atomic E-state index is 6.04. The van der Waals surface area contributed by atoms with Crippen LogP contribution in [0.25, 0.3) is 0 Å². The summed E-state index contributed by atoms with van der Waals surface area (Å²) in [5.41, 5.74) is 8.53. The number of likely N-dealkylation sites (N-methyl/N-ethyl adjacent to an activating group) is 1. The standard InChI is InChI=1S/C16H28N2O/c1-6-13-7-8-15(19-5)14(11-13)9-10-18(4)12-16(2,3)17/h7-8,11H,6,9-10,12,17H2,1-5H3. The lowest BCUT2D eigenvalue weighted by molar-refractivity contribution is 0.272. The van der Waals surface area contributed by atoms with Crippen LogP contribution in [0.2, 0.25) is 0 Å². The molecule has 0 radical (unpaired) electrons. The Bertz CT molecular complexity index is 396. The molecule has 3 nitrogen and oxygen atoms in total. The van der Waals surface area contributed by atoms with E-state index in [2.05, 4.69) is 50.9 Å². The molecule has 108 valence electrons. The third-order valence-electron chi connectivity index (χ3n) is 3.19. The third kappa shape index (κ3) is 5.62. The summed E-state index contributed by atoms with van der Waals surface area (Å²) < 4.78 is 5.43. The smallest absolute Gasteiger partial charge is 0.122 e. The zero-order valence-electron chi connectivity index (χ0n) is 13.0. The highest BCUT2D eigenvalue weighted by Crippen LogP contribution is 2.21. The maximum absolute atomic E-state index is 6.04. The predicted molar refractivity (Wildman–Crippen MR) is 81.8 cm³/mol. The topological polar surface area (TPSA) is 38.5 Å². The maximum Gasteiger partial charge on any atom is 0.122 e. The van der Waals surface area contributed by atoms with E-state index >= 15 is 0 Å². The Morgan fingerprint density at radius 2 is 2.00 bits per heavy atom. The summed E-state index contributed by atoms with van der Waals surface area (Å²) in [6, 6.07) is 6.45. The summed E-state index contributed by atoms with van der Waals surface area (Å²) in [7, 11) is 3.85. The summed E-state index contributed by atoms with van der Waals surface area (Å²) >= 11 is 0. The van der Waals surface area contributed by atoms with E-state index in [1.807, 2.05) is 0 Å². The molecule has 0 aliphatic carbocycles. The van der Waals surface area contributed by atoms with E-state index in [-0.39, 0.29) is 5.54 Å². The van der Waals surface area contributed by atoms with Crippen LogP contribution in [-0.4, -0.2) is 37.7 Å². The van der Waals surface area contributed by atoms with E-state index in [9.17, 15) is 0 Å². The minimum Gasteiger partial charge on any atom is -0.496 e. The Morgan fingerprint density at radius 1 is 1.32 bits per heavy atom. The Hall–Kier alpha value is -1.06. The molecule has 0 aliphatic rings. The van der Waals surface area contributed by atoms with E-state index in [1.54, 1.807) is 7.11 Å². The molecule has 1 aromatic rings. The van der Waals surface area contributed by atoms with Gasteiger partial charge in [-0.25, -0.2) is 0 Å². The molecule has 0 aromatic heterocycles. The summed E-state index contributed by atoms with van der Waals surface area (Å²) in [4.78, 5) is 2.28. The third-order valence-corrected chi connectivity index (χ3v) is 3.19. The average molecular weight is 264 g/mol. The number of rotatable bonds is 7. The van der Waals surface area contributed by atoms with Crippen LogP contribution in [0.3, 0.4) is 0 Å². The number of nitrogens with zero attached hydrogens (tertiary/aromatic N) is 1. The van der Waals surface area contributed by atoms with Gasteiger partial charge in [0.2, 0.25) is 0 Å². The second kappa shape index (κ2) is 6.92. The van der Waals surface area contributed by atoms with Crippen LogP contribution in [0.15, 0.2) is 18.2 Å². The van der Waals surface area contributed by atoms with E-state index in [0.717, 1.165) is 31.7 Å². The Morgan fingerprint density at radius 3 is 2.53 bits per heavy atom. The van der Waals surface area contributed by atoms with Gasteiger partial charge in [0.05, 0.1) is 7.11 Å². The van der Waals surface area contributed by atoms with Crippen LogP contribution in [-0.2, 0) is 12.8 Å². The molecule has 0 heterocycles. The Balaban J connectivity index is 2.65. The molecule has 0 saturated carbocycles. The monoisotopic (exact) mass is 264 g/mol. The summed E-state index contributed by atoms with van der Waals surface area (Å²) in [6.07, 6.45) is 2.05. The second-order valence-corrected chi connectivity index (χ2v) is 5.98. The largest absolute Gasteiger partial charge is 0.496 e. The normalized spacial score (nSPS) is 11.9. The van der Waals surface area contributed by atoms with Crippen molar-refractivity contribution in [1.29, 1.82) is 0 Å². The molecular weight excluding hydrogens is 236 g/mol. The van der Waals surface area contributed by atoms with Gasteiger partial charge < -0.3 is 15.4 Å². The van der Waals surface area contributed by atoms with Crippen molar-refractivity contribution >= 4 is 0 Å². The number of aryl methyl sites for hydroxylation is 1. The van der Waals surface area contributed by atoms with Crippen molar-refractivity contribution in [3.8, 4) is 5.75 Å². The zero-order chi connectivity index (χ0) is 14.5. The number of nitrogens with two attached hydrogens (primary N) is 1. The molecule has 1 rings (SSSR count). The first-order valence-corrected chi connectivity index (χ1v) is 6.99. The lowest BCUT2D eigenvalue weighted by atomic mass is 10.0. The lowest BCUT2D eigenvalue weighted by Gasteiger charge is -2.26. The van der Waals surface area contributed by atoms with Gasteiger partial charge in [-0.3, -0.25) is 0 Å². The van der Waals surface area contributed by atoms with Crippen molar-refractivity contribution in [3.63, 3.8) is 0 Å². The minimum atomic E-state index is -0.149. The van der Waals surface area contributed by atoms with Gasteiger partial charge in [0, 0.05) is 18.6 Å². The van der Waals surface area contributed by atoms with Crippen molar-refractivity contribution in [2.45, 2.75) is 39.2 Å². The number of hydrogen-bond acceptors (Lipinski definition) is 3. The molecule has 3 heteroatoms. The van der Waals surface area contributed by atoms with E-state index < -0.39 is 0 Å². The molecule has 0 spiro atoms. The molecule has 0 atom stereocenters. The summed E-state index contributed by atoms with van der Waals surface area (Å²) in [5.74, 6) is 0.984. The molecule has 0 unspecified atom stereocenters. The van der Waals surface area contributed by atoms with E-state index in [0.29, 0.717) is 0 Å². The highest BCUT2D eigenvalue weighted by atomic mass is 16.5. The highest BCUT2D eigenvalue weighted by molar-refractivity contribution is 5.37. The summed E-state index contributed by atoms with van der Waals surface area (Å²) in [5, 5.41) is 0. The first-order chi connectivity index (χ1) is 8.85. The first-order valence-electron chi connectivity index (χ1n) is 6.99. The van der Waals surface area contributed by atoms with E-state index in [4.69, 9.17) is 10.5 Å². The molecule has 0 saturated heterocycles. The van der Waals surface area contributed by atoms with Gasteiger partial charge in [-0.1, -0.05) is 19.1 Å². The van der Waals surface area contributed by atoms with Gasteiger partial charge >= 0.3 is 0 Å². The quantitative estimate of drug-likeness (QED) is 0.822. The van der Waals surface area contributed by atoms with Gasteiger partial charge in [-0.05, 0) is 50.9 Å². The van der Waals surface area contributed by atoms with Crippen LogP contribution in [0.5, 0.6) is 5.75 Å². The van der Waals surface area contributed by atoms with Crippen LogP contribution < -0.4 is 10.5 Å². The number of ether oxygens (including phenoxy) is 1. The fraction of sp³-hybridized carbons (Fsp3) is 0.625. The molecule has 0 bridgehead atoms. The molecule has 0 aliphatic heterocycles. The van der Waals surface area contributed by atoms with Crippen LogP contribution >= 0.6 is 0 Å². The zero-order valence-corrected chi connectivity index (χ0v) is 13.0. The Kier molecular flexibility index (Phi) is 5.83. The fourth-order valence-corrected chi connectivity index (χ4v) is 2.33. The van der Waals surface area contributed by atoms with Crippen LogP contribution in [0, 0.1) is 0 Å². The van der Waals surface area contributed by atoms with Gasteiger partial charge in [-0.2, -0.15) is 0 Å². The lowest BCUT2D eigenvalue weighted by Crippen LogP contribution is -2.44. The molecule has 2 N–H and O–H groups in total. The minimum absolute atomic E-state index is 0.149.